The van der Waals surface area contributed by atoms with Gasteiger partial charge < -0.3 is 14.6 Å². The molecule has 1 heterocycles. The van der Waals surface area contributed by atoms with Gasteiger partial charge >= 0.3 is 6.03 Å². The summed E-state index contributed by atoms with van der Waals surface area (Å²) in [5.41, 5.74) is 2.00. The zero-order valence-corrected chi connectivity index (χ0v) is 11.2. The summed E-state index contributed by atoms with van der Waals surface area (Å²) in [6.07, 6.45) is 0. The van der Waals surface area contributed by atoms with Crippen LogP contribution in [0.3, 0.4) is 0 Å². The molecule has 1 aromatic carbocycles. The molecule has 0 saturated carbocycles. The fraction of sp³-hybridized carbons (Fsp3) is 0.308. The van der Waals surface area contributed by atoms with Crippen LogP contribution in [0.25, 0.3) is 11.5 Å². The normalized spacial score (nSPS) is 10.3. The van der Waals surface area contributed by atoms with Crippen LogP contribution in [0.15, 0.2) is 28.7 Å². The van der Waals surface area contributed by atoms with Crippen LogP contribution in [0.1, 0.15) is 11.5 Å². The fourth-order valence-electron chi connectivity index (χ4n) is 1.53. The van der Waals surface area contributed by atoms with Crippen molar-refractivity contribution in [2.45, 2.75) is 13.5 Å². The molecule has 2 amide bonds. The van der Waals surface area contributed by atoms with E-state index in [9.17, 15) is 4.79 Å². The number of benzene rings is 1. The lowest BCUT2D eigenvalue weighted by molar-refractivity contribution is 0.216. The van der Waals surface area contributed by atoms with E-state index in [0.717, 1.165) is 11.1 Å². The van der Waals surface area contributed by atoms with E-state index >= 15 is 0 Å². The van der Waals surface area contributed by atoms with E-state index in [2.05, 4.69) is 15.5 Å². The van der Waals surface area contributed by atoms with Crippen molar-refractivity contribution in [3.8, 4) is 11.5 Å². The van der Waals surface area contributed by atoms with Gasteiger partial charge in [0.2, 0.25) is 11.8 Å². The van der Waals surface area contributed by atoms with Crippen LogP contribution < -0.4 is 5.32 Å². The molecule has 6 heteroatoms. The van der Waals surface area contributed by atoms with Crippen LogP contribution in [0.4, 0.5) is 4.79 Å². The minimum Gasteiger partial charge on any atom is -0.419 e. The van der Waals surface area contributed by atoms with E-state index in [1.54, 1.807) is 14.1 Å². The number of rotatable bonds is 3. The zero-order chi connectivity index (χ0) is 13.8. The lowest BCUT2D eigenvalue weighted by Gasteiger charge is -2.09. The Morgan fingerprint density at radius 1 is 1.37 bits per heavy atom. The minimum atomic E-state index is -0.199. The molecule has 1 N–H and O–H groups in total. The Labute approximate surface area is 111 Å². The van der Waals surface area contributed by atoms with Gasteiger partial charge in [-0.3, -0.25) is 0 Å². The second-order valence-electron chi connectivity index (χ2n) is 4.42. The van der Waals surface area contributed by atoms with Crippen molar-refractivity contribution in [3.63, 3.8) is 0 Å². The predicted octanol–water partition coefficient (Wildman–Crippen LogP) is 1.82. The number of carbonyl (C=O) groups is 1. The maximum atomic E-state index is 11.4. The molecule has 1 aromatic heterocycles. The largest absolute Gasteiger partial charge is 0.419 e. The van der Waals surface area contributed by atoms with Crippen LogP contribution >= 0.6 is 0 Å². The molecule has 0 aliphatic rings. The highest BCUT2D eigenvalue weighted by atomic mass is 16.4. The third-order valence-electron chi connectivity index (χ3n) is 2.53. The summed E-state index contributed by atoms with van der Waals surface area (Å²) in [5.74, 6) is 0.838. The molecule has 0 radical (unpaired) electrons. The highest BCUT2D eigenvalue weighted by Crippen LogP contribution is 2.18. The van der Waals surface area contributed by atoms with Crippen LogP contribution in [-0.4, -0.2) is 35.2 Å². The number of carbonyl (C=O) groups excluding carboxylic acids is 1. The van der Waals surface area contributed by atoms with E-state index < -0.39 is 0 Å². The molecule has 2 aromatic rings. The van der Waals surface area contributed by atoms with Gasteiger partial charge in [-0.25, -0.2) is 4.79 Å². The van der Waals surface area contributed by atoms with Crippen molar-refractivity contribution in [1.29, 1.82) is 0 Å². The smallest absolute Gasteiger partial charge is 0.317 e. The molecule has 0 aliphatic carbocycles. The first-order valence-corrected chi connectivity index (χ1v) is 5.91. The Kier molecular flexibility index (Phi) is 3.79. The van der Waals surface area contributed by atoms with Gasteiger partial charge in [0.05, 0.1) is 6.54 Å². The van der Waals surface area contributed by atoms with Gasteiger partial charge in [-0.1, -0.05) is 17.7 Å². The number of aromatic nitrogens is 2. The number of hydrogen-bond acceptors (Lipinski definition) is 4. The van der Waals surface area contributed by atoms with Gasteiger partial charge in [-0.15, -0.1) is 10.2 Å². The monoisotopic (exact) mass is 260 g/mol. The van der Waals surface area contributed by atoms with E-state index in [1.165, 1.54) is 4.90 Å². The van der Waals surface area contributed by atoms with Crippen LogP contribution in [0.2, 0.25) is 0 Å². The predicted molar refractivity (Wildman–Crippen MR) is 70.4 cm³/mol. The zero-order valence-electron chi connectivity index (χ0n) is 11.2. The molecule has 0 spiro atoms. The average molecular weight is 260 g/mol. The standard InChI is InChI=1S/C13H16N4O2/c1-9-5-4-6-10(7-9)12-16-15-11(19-12)8-14-13(18)17(2)3/h4-7H,8H2,1-3H3,(H,14,18). The Balaban J connectivity index is 2.05. The highest BCUT2D eigenvalue weighted by molar-refractivity contribution is 5.73. The van der Waals surface area contributed by atoms with Crippen LogP contribution in [0.5, 0.6) is 0 Å². The molecular formula is C13H16N4O2. The Morgan fingerprint density at radius 2 is 2.16 bits per heavy atom. The number of aryl methyl sites for hydroxylation is 1. The van der Waals surface area contributed by atoms with Crippen LogP contribution in [-0.2, 0) is 6.54 Å². The number of nitrogens with one attached hydrogen (secondary N) is 1. The Hall–Kier alpha value is -2.37. The minimum absolute atomic E-state index is 0.199. The van der Waals surface area contributed by atoms with Crippen molar-refractivity contribution >= 4 is 6.03 Å². The molecule has 0 atom stereocenters. The van der Waals surface area contributed by atoms with E-state index in [0.29, 0.717) is 11.8 Å². The van der Waals surface area contributed by atoms with Crippen molar-refractivity contribution in [3.05, 3.63) is 35.7 Å². The maximum absolute atomic E-state index is 11.4. The molecule has 6 nitrogen and oxygen atoms in total. The SMILES string of the molecule is Cc1cccc(-c2nnc(CNC(=O)N(C)C)o2)c1. The summed E-state index contributed by atoms with van der Waals surface area (Å²) >= 11 is 0. The lowest BCUT2D eigenvalue weighted by Crippen LogP contribution is -2.34. The second-order valence-corrected chi connectivity index (χ2v) is 4.42. The van der Waals surface area contributed by atoms with Gasteiger partial charge in [0.25, 0.3) is 0 Å². The third kappa shape index (κ3) is 3.31. The molecule has 100 valence electrons. The van der Waals surface area contributed by atoms with E-state index in [-0.39, 0.29) is 12.6 Å². The number of hydrogen-bond donors (Lipinski definition) is 1. The molecular weight excluding hydrogens is 244 g/mol. The third-order valence-corrected chi connectivity index (χ3v) is 2.53. The van der Waals surface area contributed by atoms with Gasteiger partial charge in [0, 0.05) is 19.7 Å². The first kappa shape index (κ1) is 13.1. The van der Waals surface area contributed by atoms with E-state index in [1.807, 2.05) is 31.2 Å². The molecule has 0 fully saturated rings. The summed E-state index contributed by atoms with van der Waals surface area (Å²) in [5, 5.41) is 10.5. The van der Waals surface area contributed by atoms with E-state index in [4.69, 9.17) is 4.42 Å². The number of urea groups is 1. The molecule has 2 rings (SSSR count). The molecule has 0 bridgehead atoms. The summed E-state index contributed by atoms with van der Waals surface area (Å²) in [6, 6.07) is 7.61. The van der Waals surface area contributed by atoms with Gasteiger partial charge in [-0.05, 0) is 19.1 Å². The summed E-state index contributed by atoms with van der Waals surface area (Å²) in [4.78, 5) is 12.8. The second kappa shape index (κ2) is 5.51. The molecule has 19 heavy (non-hydrogen) atoms. The van der Waals surface area contributed by atoms with Gasteiger partial charge in [-0.2, -0.15) is 0 Å². The van der Waals surface area contributed by atoms with Gasteiger partial charge in [0.15, 0.2) is 0 Å². The summed E-state index contributed by atoms with van der Waals surface area (Å²) < 4.78 is 5.50. The van der Waals surface area contributed by atoms with Crippen molar-refractivity contribution in [2.24, 2.45) is 0 Å². The fourth-order valence-corrected chi connectivity index (χ4v) is 1.53. The summed E-state index contributed by atoms with van der Waals surface area (Å²) in [6.45, 7) is 2.22. The maximum Gasteiger partial charge on any atom is 0.317 e. The number of amides is 2. The van der Waals surface area contributed by atoms with Crippen molar-refractivity contribution in [1.82, 2.24) is 20.4 Å². The average Bonchev–Trinajstić information content (AvgIpc) is 2.84. The quantitative estimate of drug-likeness (QED) is 0.913. The molecule has 0 saturated heterocycles. The molecule has 0 unspecified atom stereocenters. The van der Waals surface area contributed by atoms with Crippen LogP contribution in [0, 0.1) is 6.92 Å². The summed E-state index contributed by atoms with van der Waals surface area (Å²) in [7, 11) is 3.34. The number of nitrogens with zero attached hydrogens (tertiary/aromatic N) is 3. The first-order chi connectivity index (χ1) is 9.06. The van der Waals surface area contributed by atoms with Gasteiger partial charge in [0.1, 0.15) is 0 Å². The highest BCUT2D eigenvalue weighted by Gasteiger charge is 2.10. The topological polar surface area (TPSA) is 71.3 Å². The van der Waals surface area contributed by atoms with Crippen molar-refractivity contribution in [2.75, 3.05) is 14.1 Å². The Morgan fingerprint density at radius 3 is 2.84 bits per heavy atom. The first-order valence-electron chi connectivity index (χ1n) is 5.91. The Bertz CT molecular complexity index is 578. The molecule has 0 aliphatic heterocycles. The van der Waals surface area contributed by atoms with Crippen molar-refractivity contribution < 1.29 is 9.21 Å². The lowest BCUT2D eigenvalue weighted by atomic mass is 10.1.